The summed E-state index contributed by atoms with van der Waals surface area (Å²) in [5, 5.41) is 2.35. The number of aliphatic imine (C=N–C) groups is 2. The molecular formula is C19H21ClF4N4O2. The molecule has 1 N–H and O–H groups in total. The molecule has 2 rings (SSSR count). The first-order chi connectivity index (χ1) is 14.1. The molecule has 6 nitrogen and oxygen atoms in total. The lowest BCUT2D eigenvalue weighted by molar-refractivity contribution is -0.0596. The molecule has 1 fully saturated rings. The zero-order valence-corrected chi connectivity index (χ0v) is 16.9. The number of alkyl halides is 3. The van der Waals surface area contributed by atoms with Crippen molar-refractivity contribution in [2.75, 3.05) is 32.8 Å². The molecule has 0 bridgehead atoms. The highest BCUT2D eigenvalue weighted by Crippen LogP contribution is 2.21. The first kappa shape index (κ1) is 24.0. The molecule has 1 amide bonds. The number of amidine groups is 1. The van der Waals surface area contributed by atoms with E-state index in [0.29, 0.717) is 31.9 Å². The van der Waals surface area contributed by atoms with E-state index in [-0.39, 0.29) is 17.1 Å². The molecule has 164 valence electrons. The molecule has 0 aromatic heterocycles. The molecule has 0 spiro atoms. The molecule has 1 unspecified atom stereocenters. The van der Waals surface area contributed by atoms with Gasteiger partial charge in [-0.15, -0.1) is 0 Å². The Morgan fingerprint density at radius 1 is 1.40 bits per heavy atom. The molecule has 1 aliphatic rings. The van der Waals surface area contributed by atoms with Crippen LogP contribution in [0.3, 0.4) is 0 Å². The van der Waals surface area contributed by atoms with E-state index < -0.39 is 29.8 Å². The summed E-state index contributed by atoms with van der Waals surface area (Å²) in [7, 11) is 0. The number of rotatable bonds is 6. The van der Waals surface area contributed by atoms with Crippen LogP contribution in [0.5, 0.6) is 0 Å². The normalized spacial score (nSPS) is 17.5. The third-order valence-electron chi connectivity index (χ3n) is 4.46. The van der Waals surface area contributed by atoms with E-state index in [4.69, 9.17) is 16.3 Å². The highest BCUT2D eigenvalue weighted by Gasteiger charge is 2.35. The number of carbonyl (C=O) groups is 1. The minimum Gasteiger partial charge on any atom is -0.379 e. The van der Waals surface area contributed by atoms with Crippen molar-refractivity contribution in [2.45, 2.75) is 19.1 Å². The van der Waals surface area contributed by atoms with Crippen molar-refractivity contribution in [2.24, 2.45) is 9.98 Å². The van der Waals surface area contributed by atoms with Gasteiger partial charge >= 0.3 is 6.18 Å². The maximum atomic E-state index is 13.6. The van der Waals surface area contributed by atoms with Crippen molar-refractivity contribution in [3.63, 3.8) is 0 Å². The van der Waals surface area contributed by atoms with E-state index in [9.17, 15) is 22.4 Å². The van der Waals surface area contributed by atoms with Crippen LogP contribution in [0.2, 0.25) is 5.02 Å². The fourth-order valence-electron chi connectivity index (χ4n) is 2.88. The van der Waals surface area contributed by atoms with Crippen molar-refractivity contribution < 1.29 is 27.1 Å². The van der Waals surface area contributed by atoms with Gasteiger partial charge in [0.05, 0.1) is 23.8 Å². The molecule has 1 aliphatic heterocycles. The summed E-state index contributed by atoms with van der Waals surface area (Å²) in [4.78, 5) is 20.7. The van der Waals surface area contributed by atoms with Gasteiger partial charge in [0.2, 0.25) is 5.84 Å². The van der Waals surface area contributed by atoms with Crippen molar-refractivity contribution >= 4 is 30.1 Å². The Kier molecular flexibility index (Phi) is 8.51. The predicted octanol–water partition coefficient (Wildman–Crippen LogP) is 3.47. The molecule has 1 aromatic rings. The fourth-order valence-corrected chi connectivity index (χ4v) is 3.10. The second kappa shape index (κ2) is 10.6. The van der Waals surface area contributed by atoms with Gasteiger partial charge in [-0.05, 0) is 31.3 Å². The molecule has 1 heterocycles. The van der Waals surface area contributed by atoms with Gasteiger partial charge in [0, 0.05) is 31.9 Å². The molecule has 30 heavy (non-hydrogen) atoms. The zero-order valence-electron chi connectivity index (χ0n) is 16.2. The first-order valence-electron chi connectivity index (χ1n) is 8.97. The van der Waals surface area contributed by atoms with Gasteiger partial charge in [0.15, 0.2) is 0 Å². The molecule has 1 saturated heterocycles. The van der Waals surface area contributed by atoms with Crippen LogP contribution >= 0.6 is 11.6 Å². The Bertz CT molecular complexity index is 836. The van der Waals surface area contributed by atoms with Crippen LogP contribution in [0, 0.1) is 5.82 Å². The van der Waals surface area contributed by atoms with Crippen LogP contribution in [-0.4, -0.2) is 68.4 Å². The van der Waals surface area contributed by atoms with E-state index in [1.807, 2.05) is 4.90 Å². The summed E-state index contributed by atoms with van der Waals surface area (Å²) in [6.45, 7) is 6.46. The van der Waals surface area contributed by atoms with Crippen LogP contribution in [0.25, 0.3) is 0 Å². The fraction of sp³-hybridized carbons (Fsp3) is 0.421. The van der Waals surface area contributed by atoms with Crippen molar-refractivity contribution in [3.05, 3.63) is 46.4 Å². The Labute approximate surface area is 176 Å². The molecule has 0 aliphatic carbocycles. The summed E-state index contributed by atoms with van der Waals surface area (Å²) in [6.07, 6.45) is -3.67. The molecule has 1 aromatic carbocycles. The average Bonchev–Trinajstić information content (AvgIpc) is 2.70. The van der Waals surface area contributed by atoms with Gasteiger partial charge in [-0.3, -0.25) is 9.69 Å². The zero-order chi connectivity index (χ0) is 22.3. The molecule has 0 radical (unpaired) electrons. The minimum atomic E-state index is -4.73. The maximum Gasteiger partial charge on any atom is 0.451 e. The van der Waals surface area contributed by atoms with Gasteiger partial charge in [-0.25, -0.2) is 14.4 Å². The molecule has 0 saturated carbocycles. The van der Waals surface area contributed by atoms with Gasteiger partial charge in [-0.2, -0.15) is 13.2 Å². The number of ether oxygens (including phenoxy) is 1. The van der Waals surface area contributed by atoms with Crippen LogP contribution < -0.4 is 5.32 Å². The Morgan fingerprint density at radius 2 is 2.07 bits per heavy atom. The number of carbonyl (C=O) groups excluding carboxylic acids is 1. The van der Waals surface area contributed by atoms with Crippen LogP contribution in [-0.2, 0) is 4.74 Å². The van der Waals surface area contributed by atoms with E-state index >= 15 is 0 Å². The van der Waals surface area contributed by atoms with E-state index in [1.54, 1.807) is 6.92 Å². The Hall–Kier alpha value is -2.30. The van der Waals surface area contributed by atoms with Crippen molar-refractivity contribution in [3.8, 4) is 0 Å². The lowest BCUT2D eigenvalue weighted by atomic mass is 10.1. The van der Waals surface area contributed by atoms with Gasteiger partial charge in [-0.1, -0.05) is 17.7 Å². The van der Waals surface area contributed by atoms with Crippen LogP contribution in [0.4, 0.5) is 17.6 Å². The number of hydrogen-bond donors (Lipinski definition) is 1. The highest BCUT2D eigenvalue weighted by molar-refractivity contribution is 6.34. The summed E-state index contributed by atoms with van der Waals surface area (Å²) in [6, 6.07) is 3.40. The van der Waals surface area contributed by atoms with Gasteiger partial charge in [0.1, 0.15) is 5.82 Å². The average molecular weight is 449 g/mol. The van der Waals surface area contributed by atoms with Crippen LogP contribution in [0.1, 0.15) is 17.3 Å². The summed E-state index contributed by atoms with van der Waals surface area (Å²) < 4.78 is 57.4. The number of morpholine rings is 1. The smallest absolute Gasteiger partial charge is 0.379 e. The standard InChI is InChI=1S/C19H21ClF4N4O2/c1-12(10-27-18(25-2)19(22,23)24)15(28-6-8-30-9-7-28)11-26-17(29)13-4-3-5-14(21)16(13)20/h3-5,10,15H,2,6-9,11H2,1H3,(H,26,29)/b12-10+,27-18-. The van der Waals surface area contributed by atoms with E-state index in [1.165, 1.54) is 12.1 Å². The predicted molar refractivity (Wildman–Crippen MR) is 107 cm³/mol. The maximum absolute atomic E-state index is 13.6. The van der Waals surface area contributed by atoms with E-state index in [2.05, 4.69) is 22.0 Å². The number of nitrogens with one attached hydrogen (secondary N) is 1. The van der Waals surface area contributed by atoms with Crippen molar-refractivity contribution in [1.82, 2.24) is 10.2 Å². The summed E-state index contributed by atoms with van der Waals surface area (Å²) >= 11 is 5.84. The minimum absolute atomic E-state index is 0.0349. The number of benzene rings is 1. The monoisotopic (exact) mass is 448 g/mol. The third-order valence-corrected chi connectivity index (χ3v) is 4.84. The molecule has 1 atom stereocenters. The summed E-state index contributed by atoms with van der Waals surface area (Å²) in [5.74, 6) is -2.69. The Morgan fingerprint density at radius 3 is 2.67 bits per heavy atom. The lowest BCUT2D eigenvalue weighted by Gasteiger charge is -2.35. The molecular weight excluding hydrogens is 428 g/mol. The highest BCUT2D eigenvalue weighted by atomic mass is 35.5. The van der Waals surface area contributed by atoms with Crippen molar-refractivity contribution in [1.29, 1.82) is 0 Å². The third kappa shape index (κ3) is 6.35. The topological polar surface area (TPSA) is 66.3 Å². The molecule has 11 heteroatoms. The van der Waals surface area contributed by atoms with Gasteiger partial charge in [0.25, 0.3) is 5.91 Å². The van der Waals surface area contributed by atoms with Gasteiger partial charge < -0.3 is 10.1 Å². The largest absolute Gasteiger partial charge is 0.451 e. The number of amides is 1. The second-order valence-electron chi connectivity index (χ2n) is 6.46. The SMILES string of the molecule is C=N/C(=N\C=C(/C)C(CNC(=O)c1cccc(F)c1Cl)N1CCOCC1)C(F)(F)F. The summed E-state index contributed by atoms with van der Waals surface area (Å²) in [5.41, 5.74) is 0.431. The first-order valence-corrected chi connectivity index (χ1v) is 9.35. The number of halogens is 5. The lowest BCUT2D eigenvalue weighted by Crippen LogP contribution is -2.49. The second-order valence-corrected chi connectivity index (χ2v) is 6.84. The number of hydrogen-bond acceptors (Lipinski definition) is 4. The number of nitrogens with zero attached hydrogens (tertiary/aromatic N) is 3. The van der Waals surface area contributed by atoms with E-state index in [0.717, 1.165) is 12.3 Å². The van der Waals surface area contributed by atoms with Crippen LogP contribution in [0.15, 0.2) is 40.0 Å². The Balaban J connectivity index is 2.21. The quantitative estimate of drug-likeness (QED) is 0.411.